The van der Waals surface area contributed by atoms with Crippen molar-refractivity contribution in [2.75, 3.05) is 0 Å². The second kappa shape index (κ2) is 11.2. The zero-order valence-electron chi connectivity index (χ0n) is 14.3. The minimum absolute atomic E-state index is 0.199. The molecular formula is C20H32O2. The van der Waals surface area contributed by atoms with Crippen molar-refractivity contribution in [2.45, 2.75) is 78.1 Å². The van der Waals surface area contributed by atoms with Crippen LogP contribution in [-0.2, 0) is 6.42 Å². The van der Waals surface area contributed by atoms with Gasteiger partial charge in [0.15, 0.2) is 0 Å². The Balaban J connectivity index is 2.05. The van der Waals surface area contributed by atoms with Gasteiger partial charge in [-0.25, -0.2) is 0 Å². The van der Waals surface area contributed by atoms with Gasteiger partial charge in [-0.15, -0.1) is 0 Å². The molecule has 2 N–H and O–H groups in total. The summed E-state index contributed by atoms with van der Waals surface area (Å²) in [5, 5.41) is 19.4. The zero-order chi connectivity index (χ0) is 16.2. The van der Waals surface area contributed by atoms with E-state index in [9.17, 15) is 10.2 Å². The maximum absolute atomic E-state index is 9.69. The number of hydrogen-bond acceptors (Lipinski definition) is 2. The monoisotopic (exact) mass is 304 g/mol. The summed E-state index contributed by atoms with van der Waals surface area (Å²) in [6, 6.07) is 3.55. The fourth-order valence-electron chi connectivity index (χ4n) is 2.56. The molecule has 0 atom stereocenters. The van der Waals surface area contributed by atoms with Crippen LogP contribution in [0.1, 0.15) is 75.8 Å². The highest BCUT2D eigenvalue weighted by Crippen LogP contribution is 2.28. The largest absolute Gasteiger partial charge is 0.508 e. The summed E-state index contributed by atoms with van der Waals surface area (Å²) in [5.74, 6) is 0.398. The molecule has 1 aromatic rings. The molecule has 124 valence electrons. The number of unbranched alkanes of at least 4 members (excludes halogenated alkanes) is 7. The molecule has 0 amide bonds. The number of phenolic OH excluding ortho intramolecular Hbond substituents is 2. The average Bonchev–Trinajstić information content (AvgIpc) is 2.50. The molecule has 1 aromatic carbocycles. The Morgan fingerprint density at radius 2 is 1.36 bits per heavy atom. The highest BCUT2D eigenvalue weighted by molar-refractivity contribution is 5.45. The van der Waals surface area contributed by atoms with Gasteiger partial charge in [0.1, 0.15) is 11.5 Å². The third-order valence-electron chi connectivity index (χ3n) is 4.14. The van der Waals surface area contributed by atoms with Crippen molar-refractivity contribution in [3.63, 3.8) is 0 Å². The van der Waals surface area contributed by atoms with Gasteiger partial charge < -0.3 is 10.2 Å². The molecule has 0 aromatic heterocycles. The summed E-state index contributed by atoms with van der Waals surface area (Å²) < 4.78 is 0. The topological polar surface area (TPSA) is 40.5 Å². The standard InChI is InChI=1S/C20H32O2/c1-3-4-5-6-7-8-9-10-11-12-13-14-18-15-19(21)17(2)20(22)16-18/h6-7,15-16,21-22H,3-5,8-14H2,1-2H3/b7-6-. The van der Waals surface area contributed by atoms with Gasteiger partial charge in [0, 0.05) is 5.56 Å². The van der Waals surface area contributed by atoms with Crippen LogP contribution in [-0.4, -0.2) is 10.2 Å². The maximum Gasteiger partial charge on any atom is 0.122 e. The minimum Gasteiger partial charge on any atom is -0.508 e. The van der Waals surface area contributed by atoms with Crippen LogP contribution in [0.15, 0.2) is 24.3 Å². The van der Waals surface area contributed by atoms with E-state index in [4.69, 9.17) is 0 Å². The summed E-state index contributed by atoms with van der Waals surface area (Å²) >= 11 is 0. The Hall–Kier alpha value is -1.44. The lowest BCUT2D eigenvalue weighted by atomic mass is 10.0. The van der Waals surface area contributed by atoms with E-state index in [2.05, 4.69) is 19.1 Å². The summed E-state index contributed by atoms with van der Waals surface area (Å²) in [5.41, 5.74) is 1.59. The molecule has 0 radical (unpaired) electrons. The van der Waals surface area contributed by atoms with E-state index in [-0.39, 0.29) is 11.5 Å². The lowest BCUT2D eigenvalue weighted by molar-refractivity contribution is 0.441. The number of benzene rings is 1. The lowest BCUT2D eigenvalue weighted by Crippen LogP contribution is -1.88. The Labute approximate surface area is 135 Å². The van der Waals surface area contributed by atoms with Crippen LogP contribution < -0.4 is 0 Å². The molecule has 0 spiro atoms. The molecule has 0 aliphatic heterocycles. The Morgan fingerprint density at radius 3 is 2.00 bits per heavy atom. The van der Waals surface area contributed by atoms with Crippen molar-refractivity contribution in [3.8, 4) is 11.5 Å². The van der Waals surface area contributed by atoms with Gasteiger partial charge in [0.05, 0.1) is 0 Å². The van der Waals surface area contributed by atoms with E-state index in [1.54, 1.807) is 19.1 Å². The number of aryl methyl sites for hydroxylation is 1. The molecule has 1 rings (SSSR count). The first-order valence-corrected chi connectivity index (χ1v) is 8.81. The molecule has 0 saturated carbocycles. The molecule has 0 saturated heterocycles. The van der Waals surface area contributed by atoms with Gasteiger partial charge in [-0.1, -0.05) is 51.2 Å². The highest BCUT2D eigenvalue weighted by atomic mass is 16.3. The molecule has 0 bridgehead atoms. The average molecular weight is 304 g/mol. The van der Waals surface area contributed by atoms with Crippen molar-refractivity contribution >= 4 is 0 Å². The molecular weight excluding hydrogens is 272 g/mol. The van der Waals surface area contributed by atoms with E-state index in [0.717, 1.165) is 18.4 Å². The second-order valence-electron chi connectivity index (χ2n) is 6.18. The normalized spacial score (nSPS) is 11.4. The van der Waals surface area contributed by atoms with Crippen LogP contribution in [0.25, 0.3) is 0 Å². The van der Waals surface area contributed by atoms with Crippen LogP contribution in [0.5, 0.6) is 11.5 Å². The first-order chi connectivity index (χ1) is 10.6. The van der Waals surface area contributed by atoms with Crippen LogP contribution in [0.2, 0.25) is 0 Å². The van der Waals surface area contributed by atoms with Gasteiger partial charge in [-0.2, -0.15) is 0 Å². The second-order valence-corrected chi connectivity index (χ2v) is 6.18. The molecule has 22 heavy (non-hydrogen) atoms. The van der Waals surface area contributed by atoms with Gasteiger partial charge in [-0.3, -0.25) is 0 Å². The Bertz CT molecular complexity index is 426. The van der Waals surface area contributed by atoms with Crippen molar-refractivity contribution in [1.29, 1.82) is 0 Å². The van der Waals surface area contributed by atoms with E-state index in [0.29, 0.717) is 5.56 Å². The fraction of sp³-hybridized carbons (Fsp3) is 0.600. The number of hydrogen-bond donors (Lipinski definition) is 2. The van der Waals surface area contributed by atoms with E-state index in [1.807, 2.05) is 0 Å². The van der Waals surface area contributed by atoms with E-state index >= 15 is 0 Å². The smallest absolute Gasteiger partial charge is 0.122 e. The molecule has 2 nitrogen and oxygen atoms in total. The van der Waals surface area contributed by atoms with Crippen molar-refractivity contribution in [2.24, 2.45) is 0 Å². The summed E-state index contributed by atoms with van der Waals surface area (Å²) in [6.07, 6.45) is 16.8. The minimum atomic E-state index is 0.199. The third kappa shape index (κ3) is 7.53. The van der Waals surface area contributed by atoms with Crippen molar-refractivity contribution < 1.29 is 10.2 Å². The Kier molecular flexibility index (Phi) is 9.45. The fourth-order valence-corrected chi connectivity index (χ4v) is 2.56. The first-order valence-electron chi connectivity index (χ1n) is 8.81. The first kappa shape index (κ1) is 18.6. The highest BCUT2D eigenvalue weighted by Gasteiger charge is 2.04. The molecule has 0 unspecified atom stereocenters. The number of aromatic hydroxyl groups is 2. The molecule has 0 aliphatic rings. The predicted molar refractivity (Wildman–Crippen MR) is 94.6 cm³/mol. The Morgan fingerprint density at radius 1 is 0.818 bits per heavy atom. The van der Waals surface area contributed by atoms with Crippen LogP contribution in [0.4, 0.5) is 0 Å². The number of allylic oxidation sites excluding steroid dienone is 2. The van der Waals surface area contributed by atoms with Gasteiger partial charge in [0.2, 0.25) is 0 Å². The summed E-state index contributed by atoms with van der Waals surface area (Å²) in [7, 11) is 0. The lowest BCUT2D eigenvalue weighted by Gasteiger charge is -2.07. The molecule has 0 heterocycles. The van der Waals surface area contributed by atoms with Gasteiger partial charge in [-0.05, 0) is 56.7 Å². The SMILES string of the molecule is CCCC/C=C\CCCCCCCc1cc(O)c(C)c(O)c1. The summed E-state index contributed by atoms with van der Waals surface area (Å²) in [6.45, 7) is 3.96. The van der Waals surface area contributed by atoms with Crippen molar-refractivity contribution in [1.82, 2.24) is 0 Å². The predicted octanol–water partition coefficient (Wildman–Crippen LogP) is 6.04. The maximum atomic E-state index is 9.69. The van der Waals surface area contributed by atoms with Gasteiger partial charge >= 0.3 is 0 Å². The van der Waals surface area contributed by atoms with Crippen LogP contribution in [0, 0.1) is 6.92 Å². The quantitative estimate of drug-likeness (QED) is 0.387. The van der Waals surface area contributed by atoms with E-state index in [1.165, 1.54) is 51.4 Å². The van der Waals surface area contributed by atoms with E-state index < -0.39 is 0 Å². The number of phenols is 2. The van der Waals surface area contributed by atoms with Crippen LogP contribution in [0.3, 0.4) is 0 Å². The van der Waals surface area contributed by atoms with Crippen molar-refractivity contribution in [3.05, 3.63) is 35.4 Å². The summed E-state index contributed by atoms with van der Waals surface area (Å²) in [4.78, 5) is 0. The molecule has 2 heteroatoms. The zero-order valence-corrected chi connectivity index (χ0v) is 14.3. The molecule has 0 aliphatic carbocycles. The van der Waals surface area contributed by atoms with Crippen LogP contribution >= 0.6 is 0 Å². The van der Waals surface area contributed by atoms with Gasteiger partial charge in [0.25, 0.3) is 0 Å². The molecule has 0 fully saturated rings. The third-order valence-corrected chi connectivity index (χ3v) is 4.14. The number of rotatable bonds is 11.